The number of carbonyl (C=O) groups excluding carboxylic acids is 1. The highest BCUT2D eigenvalue weighted by atomic mass is 32.2. The van der Waals surface area contributed by atoms with Gasteiger partial charge in [0, 0.05) is 12.8 Å². The molecule has 2 rings (SSSR count). The molecule has 1 unspecified atom stereocenters. The number of nitrogens with one attached hydrogen (secondary N) is 1. The van der Waals surface area contributed by atoms with Gasteiger partial charge in [-0.3, -0.25) is 9.10 Å². The summed E-state index contributed by atoms with van der Waals surface area (Å²) in [7, 11) is -0.565. The molecule has 0 aromatic heterocycles. The molecule has 0 radical (unpaired) electrons. The van der Waals surface area contributed by atoms with Gasteiger partial charge in [-0.05, 0) is 48.9 Å². The molecule has 1 N–H and O–H groups in total. The molecule has 0 spiro atoms. The summed E-state index contributed by atoms with van der Waals surface area (Å²) in [5, 5.41) is 2.76. The number of sulfonamides is 1. The van der Waals surface area contributed by atoms with Crippen molar-refractivity contribution in [1.29, 1.82) is 0 Å². The zero-order valence-electron chi connectivity index (χ0n) is 15.8. The molecule has 146 valence electrons. The summed E-state index contributed by atoms with van der Waals surface area (Å²) in [5.74, 6) is 0.157. The molecule has 1 amide bonds. The predicted octanol–water partition coefficient (Wildman–Crippen LogP) is 2.63. The van der Waals surface area contributed by atoms with Crippen molar-refractivity contribution in [3.8, 4) is 5.75 Å². The number of hydrogen-bond donors (Lipinski definition) is 1. The highest BCUT2D eigenvalue weighted by Crippen LogP contribution is 2.24. The minimum absolute atomic E-state index is 0.383. The number of nitrogens with zero attached hydrogens (tertiary/aromatic N) is 1. The monoisotopic (exact) mass is 392 g/mol. The molecule has 0 heterocycles. The lowest BCUT2D eigenvalue weighted by atomic mass is 10.2. The van der Waals surface area contributed by atoms with Crippen LogP contribution in [0.5, 0.6) is 5.75 Å². The fourth-order valence-corrected chi connectivity index (χ4v) is 3.87. The van der Waals surface area contributed by atoms with Crippen LogP contribution >= 0.6 is 0 Å². The van der Waals surface area contributed by atoms with Gasteiger partial charge < -0.3 is 14.8 Å². The van der Waals surface area contributed by atoms with Gasteiger partial charge in [0.25, 0.3) is 0 Å². The summed E-state index contributed by atoms with van der Waals surface area (Å²) in [4.78, 5) is 12.7. The number of methoxy groups -OCH3 is 2. The number of anilines is 2. The molecule has 7 nitrogen and oxygen atoms in total. The smallest absolute Gasteiger partial charge is 0.247 e. The van der Waals surface area contributed by atoms with Gasteiger partial charge in [-0.15, -0.1) is 0 Å². The Bertz CT molecular complexity index is 881. The van der Waals surface area contributed by atoms with Crippen LogP contribution in [0, 0.1) is 0 Å². The topological polar surface area (TPSA) is 84.9 Å². The maximum absolute atomic E-state index is 12.7. The maximum atomic E-state index is 12.7. The molecular weight excluding hydrogens is 368 g/mol. The molecule has 0 fully saturated rings. The van der Waals surface area contributed by atoms with Gasteiger partial charge in [0.15, 0.2) is 0 Å². The van der Waals surface area contributed by atoms with E-state index < -0.39 is 22.0 Å². The molecule has 1 atom stereocenters. The Hall–Kier alpha value is -2.58. The Morgan fingerprint density at radius 3 is 2.37 bits per heavy atom. The molecule has 0 saturated carbocycles. The minimum atomic E-state index is -3.68. The van der Waals surface area contributed by atoms with Gasteiger partial charge in [0.2, 0.25) is 15.9 Å². The second-order valence-corrected chi connectivity index (χ2v) is 7.91. The summed E-state index contributed by atoms with van der Waals surface area (Å²) in [6, 6.07) is 12.7. The fraction of sp³-hybridized carbons (Fsp3) is 0.316. The van der Waals surface area contributed by atoms with Crippen LogP contribution in [-0.2, 0) is 26.2 Å². The molecule has 0 saturated heterocycles. The predicted molar refractivity (Wildman–Crippen MR) is 106 cm³/mol. The highest BCUT2D eigenvalue weighted by Gasteiger charge is 2.29. The third-order valence-electron chi connectivity index (χ3n) is 3.92. The lowest BCUT2D eigenvalue weighted by Gasteiger charge is -2.28. The Balaban J connectivity index is 2.25. The van der Waals surface area contributed by atoms with Crippen molar-refractivity contribution in [2.24, 2.45) is 0 Å². The molecule has 27 heavy (non-hydrogen) atoms. The van der Waals surface area contributed by atoms with Crippen molar-refractivity contribution in [3.05, 3.63) is 54.1 Å². The van der Waals surface area contributed by atoms with Crippen molar-refractivity contribution in [3.63, 3.8) is 0 Å². The average Bonchev–Trinajstić information content (AvgIpc) is 2.62. The Labute approximate surface area is 160 Å². The number of rotatable bonds is 8. The molecule has 0 aliphatic rings. The van der Waals surface area contributed by atoms with E-state index in [0.717, 1.165) is 16.1 Å². The van der Waals surface area contributed by atoms with Crippen LogP contribution in [0.3, 0.4) is 0 Å². The molecule has 0 aliphatic carbocycles. The Morgan fingerprint density at radius 1 is 1.15 bits per heavy atom. The number of hydrogen-bond acceptors (Lipinski definition) is 5. The van der Waals surface area contributed by atoms with E-state index in [0.29, 0.717) is 23.7 Å². The fourth-order valence-electron chi connectivity index (χ4n) is 2.69. The van der Waals surface area contributed by atoms with E-state index >= 15 is 0 Å². The van der Waals surface area contributed by atoms with Gasteiger partial charge in [-0.2, -0.15) is 0 Å². The van der Waals surface area contributed by atoms with Gasteiger partial charge in [0.1, 0.15) is 11.8 Å². The third-order valence-corrected chi connectivity index (χ3v) is 5.16. The first-order valence-electron chi connectivity index (χ1n) is 8.28. The van der Waals surface area contributed by atoms with Crippen molar-refractivity contribution in [2.75, 3.05) is 30.1 Å². The number of benzene rings is 2. The highest BCUT2D eigenvalue weighted by molar-refractivity contribution is 7.92. The molecular formula is C19H24N2O5S. The quantitative estimate of drug-likeness (QED) is 0.746. The minimum Gasteiger partial charge on any atom is -0.497 e. The van der Waals surface area contributed by atoms with Crippen LogP contribution in [0.2, 0.25) is 0 Å². The van der Waals surface area contributed by atoms with E-state index in [-0.39, 0.29) is 0 Å². The van der Waals surface area contributed by atoms with E-state index in [9.17, 15) is 13.2 Å². The number of carbonyl (C=O) groups is 1. The zero-order valence-corrected chi connectivity index (χ0v) is 16.6. The SMILES string of the molecule is COCc1cccc(NC(=O)C(C)N(c2ccc(OC)cc2)S(C)(=O)=O)c1. The first kappa shape index (κ1) is 20.7. The molecule has 0 aliphatic heterocycles. The van der Waals surface area contributed by atoms with E-state index in [2.05, 4.69) is 5.32 Å². The molecule has 0 bridgehead atoms. The summed E-state index contributed by atoms with van der Waals surface area (Å²) < 4.78 is 35.9. The van der Waals surface area contributed by atoms with Crippen LogP contribution in [0.4, 0.5) is 11.4 Å². The second kappa shape index (κ2) is 8.88. The summed E-state index contributed by atoms with van der Waals surface area (Å²) in [6.07, 6.45) is 1.07. The average molecular weight is 392 g/mol. The lowest BCUT2D eigenvalue weighted by molar-refractivity contribution is -0.116. The van der Waals surface area contributed by atoms with Crippen molar-refractivity contribution < 1.29 is 22.7 Å². The molecule has 2 aromatic rings. The van der Waals surface area contributed by atoms with E-state index in [1.807, 2.05) is 6.07 Å². The van der Waals surface area contributed by atoms with E-state index in [1.165, 1.54) is 7.11 Å². The molecule has 2 aromatic carbocycles. The number of amides is 1. The lowest BCUT2D eigenvalue weighted by Crippen LogP contribution is -2.45. The second-order valence-electron chi connectivity index (χ2n) is 6.06. The van der Waals surface area contributed by atoms with Crippen LogP contribution in [0.25, 0.3) is 0 Å². The standard InChI is InChI=1S/C19H24N2O5S/c1-14(19(22)20-16-7-5-6-15(12-16)13-25-2)21(27(4,23)24)17-8-10-18(26-3)11-9-17/h5-12,14H,13H2,1-4H3,(H,20,22). The summed E-state index contributed by atoms with van der Waals surface area (Å²) in [5.41, 5.74) is 1.86. The van der Waals surface area contributed by atoms with Gasteiger partial charge in [-0.1, -0.05) is 12.1 Å². The van der Waals surface area contributed by atoms with Crippen molar-refractivity contribution in [2.45, 2.75) is 19.6 Å². The largest absolute Gasteiger partial charge is 0.497 e. The van der Waals surface area contributed by atoms with Gasteiger partial charge >= 0.3 is 0 Å². The van der Waals surface area contributed by atoms with Crippen molar-refractivity contribution in [1.82, 2.24) is 0 Å². The zero-order chi connectivity index (χ0) is 20.0. The Kier molecular flexibility index (Phi) is 6.81. The van der Waals surface area contributed by atoms with E-state index in [1.54, 1.807) is 56.5 Å². The summed E-state index contributed by atoms with van der Waals surface area (Å²) in [6.45, 7) is 1.96. The maximum Gasteiger partial charge on any atom is 0.247 e. The normalized spacial score (nSPS) is 12.3. The van der Waals surface area contributed by atoms with Crippen LogP contribution in [-0.4, -0.2) is 40.8 Å². The van der Waals surface area contributed by atoms with Crippen LogP contribution < -0.4 is 14.4 Å². The first-order valence-corrected chi connectivity index (χ1v) is 10.1. The summed E-state index contributed by atoms with van der Waals surface area (Å²) >= 11 is 0. The Morgan fingerprint density at radius 2 is 1.81 bits per heavy atom. The van der Waals surface area contributed by atoms with Crippen LogP contribution in [0.15, 0.2) is 48.5 Å². The van der Waals surface area contributed by atoms with Gasteiger partial charge in [-0.25, -0.2) is 8.42 Å². The third kappa shape index (κ3) is 5.45. The van der Waals surface area contributed by atoms with Crippen molar-refractivity contribution >= 4 is 27.3 Å². The van der Waals surface area contributed by atoms with Gasteiger partial charge in [0.05, 0.1) is 25.7 Å². The van der Waals surface area contributed by atoms with Crippen LogP contribution in [0.1, 0.15) is 12.5 Å². The van der Waals surface area contributed by atoms with E-state index in [4.69, 9.17) is 9.47 Å². The number of ether oxygens (including phenoxy) is 2. The molecule has 8 heteroatoms. The first-order chi connectivity index (χ1) is 12.8.